The maximum absolute atomic E-state index is 11.1. The van der Waals surface area contributed by atoms with Crippen molar-refractivity contribution in [3.05, 3.63) is 18.0 Å². The number of ether oxygens (including phenoxy) is 1. The minimum atomic E-state index is -0.186. The number of nitrogens with zero attached hydrogens (tertiary/aromatic N) is 2. The lowest BCUT2D eigenvalue weighted by Gasteiger charge is -2.09. The Morgan fingerprint density at radius 1 is 1.73 bits per heavy atom. The molecular formula is C10H17N3O2. The van der Waals surface area contributed by atoms with Gasteiger partial charge in [-0.3, -0.25) is 9.48 Å². The molecule has 0 aliphatic rings. The van der Waals surface area contributed by atoms with Gasteiger partial charge in [-0.15, -0.1) is 0 Å². The fourth-order valence-electron chi connectivity index (χ4n) is 1.28. The minimum Gasteiger partial charge on any atom is -0.469 e. The molecule has 0 amide bonds. The fraction of sp³-hybridized carbons (Fsp3) is 0.600. The number of carbonyl (C=O) groups excluding carboxylic acids is 1. The normalized spacial score (nSPS) is 12.5. The van der Waals surface area contributed by atoms with Gasteiger partial charge in [0.25, 0.3) is 0 Å². The molecule has 0 spiro atoms. The highest BCUT2D eigenvalue weighted by molar-refractivity contribution is 5.71. The molecule has 0 saturated heterocycles. The number of carbonyl (C=O) groups is 1. The number of rotatable bonds is 5. The Bertz CT molecular complexity index is 322. The van der Waals surface area contributed by atoms with Crippen LogP contribution in [0.4, 0.5) is 0 Å². The maximum Gasteiger partial charge on any atom is 0.309 e. The molecule has 0 fully saturated rings. The number of aromatic nitrogens is 2. The van der Waals surface area contributed by atoms with E-state index in [1.54, 1.807) is 10.9 Å². The second-order valence-electron chi connectivity index (χ2n) is 3.58. The molecule has 0 aromatic carbocycles. The van der Waals surface area contributed by atoms with E-state index >= 15 is 0 Å². The zero-order chi connectivity index (χ0) is 11.3. The minimum absolute atomic E-state index is 0.119. The summed E-state index contributed by atoms with van der Waals surface area (Å²) in [5.74, 6) is -0.305. The summed E-state index contributed by atoms with van der Waals surface area (Å²) >= 11 is 0. The number of esters is 1. The van der Waals surface area contributed by atoms with Gasteiger partial charge in [0.15, 0.2) is 0 Å². The molecule has 0 aliphatic heterocycles. The van der Waals surface area contributed by atoms with Gasteiger partial charge in [0.1, 0.15) is 0 Å². The quantitative estimate of drug-likeness (QED) is 0.713. The third kappa shape index (κ3) is 3.71. The fourth-order valence-corrected chi connectivity index (χ4v) is 1.28. The Balaban J connectivity index is 2.24. The van der Waals surface area contributed by atoms with Gasteiger partial charge in [0, 0.05) is 31.9 Å². The average molecular weight is 211 g/mol. The summed E-state index contributed by atoms with van der Waals surface area (Å²) in [6.45, 7) is 3.17. The Labute approximate surface area is 89.4 Å². The Hall–Kier alpha value is -1.36. The highest BCUT2D eigenvalue weighted by Crippen LogP contribution is 1.98. The molecular weight excluding hydrogens is 194 g/mol. The zero-order valence-corrected chi connectivity index (χ0v) is 9.36. The van der Waals surface area contributed by atoms with E-state index in [0.29, 0.717) is 6.54 Å². The van der Waals surface area contributed by atoms with Crippen molar-refractivity contribution in [3.63, 3.8) is 0 Å². The van der Waals surface area contributed by atoms with Gasteiger partial charge < -0.3 is 10.1 Å². The van der Waals surface area contributed by atoms with E-state index in [2.05, 4.69) is 15.2 Å². The third-order valence-electron chi connectivity index (χ3n) is 2.14. The number of hydrogen-bond donors (Lipinski definition) is 1. The molecule has 1 aromatic rings. The van der Waals surface area contributed by atoms with Crippen molar-refractivity contribution in [2.45, 2.75) is 13.5 Å². The monoisotopic (exact) mass is 211 g/mol. The standard InChI is InChI=1S/C10H17N3O2/c1-8(10(14)15-3)4-11-5-9-6-12-13(2)7-9/h6-8,11H,4-5H2,1-3H3. The zero-order valence-electron chi connectivity index (χ0n) is 9.36. The maximum atomic E-state index is 11.1. The largest absolute Gasteiger partial charge is 0.469 e. The molecule has 1 N–H and O–H groups in total. The first-order valence-corrected chi connectivity index (χ1v) is 4.89. The van der Waals surface area contributed by atoms with E-state index in [0.717, 1.165) is 12.1 Å². The summed E-state index contributed by atoms with van der Waals surface area (Å²) in [6, 6.07) is 0. The van der Waals surface area contributed by atoms with Crippen LogP contribution in [0.1, 0.15) is 12.5 Å². The Kier molecular flexibility index (Phi) is 4.30. The van der Waals surface area contributed by atoms with Crippen LogP contribution in [0.2, 0.25) is 0 Å². The van der Waals surface area contributed by atoms with Gasteiger partial charge in [0.05, 0.1) is 19.2 Å². The first kappa shape index (κ1) is 11.7. The smallest absolute Gasteiger partial charge is 0.309 e. The highest BCUT2D eigenvalue weighted by atomic mass is 16.5. The van der Waals surface area contributed by atoms with Crippen molar-refractivity contribution in [2.24, 2.45) is 13.0 Å². The lowest BCUT2D eigenvalue weighted by atomic mass is 10.2. The lowest BCUT2D eigenvalue weighted by molar-refractivity contribution is -0.144. The predicted molar refractivity (Wildman–Crippen MR) is 56.1 cm³/mol. The molecule has 0 aliphatic carbocycles. The Morgan fingerprint density at radius 2 is 2.47 bits per heavy atom. The summed E-state index contributed by atoms with van der Waals surface area (Å²) in [4.78, 5) is 11.1. The van der Waals surface area contributed by atoms with Gasteiger partial charge in [0.2, 0.25) is 0 Å². The van der Waals surface area contributed by atoms with Crippen molar-refractivity contribution in [2.75, 3.05) is 13.7 Å². The molecule has 0 bridgehead atoms. The van der Waals surface area contributed by atoms with Crippen molar-refractivity contribution in [1.82, 2.24) is 15.1 Å². The van der Waals surface area contributed by atoms with Crippen LogP contribution < -0.4 is 5.32 Å². The molecule has 1 rings (SSSR count). The molecule has 1 unspecified atom stereocenters. The summed E-state index contributed by atoms with van der Waals surface area (Å²) in [5, 5.41) is 7.23. The lowest BCUT2D eigenvalue weighted by Crippen LogP contribution is -2.26. The van der Waals surface area contributed by atoms with Crippen LogP contribution in [0, 0.1) is 5.92 Å². The topological polar surface area (TPSA) is 56.1 Å². The molecule has 1 aromatic heterocycles. The molecule has 84 valence electrons. The van der Waals surface area contributed by atoms with Crippen LogP contribution in [0.25, 0.3) is 0 Å². The van der Waals surface area contributed by atoms with Crippen LogP contribution in [0.5, 0.6) is 0 Å². The van der Waals surface area contributed by atoms with Crippen molar-refractivity contribution in [3.8, 4) is 0 Å². The summed E-state index contributed by atoms with van der Waals surface area (Å²) in [6.07, 6.45) is 3.74. The van der Waals surface area contributed by atoms with Gasteiger partial charge >= 0.3 is 5.97 Å². The molecule has 5 nitrogen and oxygen atoms in total. The summed E-state index contributed by atoms with van der Waals surface area (Å²) < 4.78 is 6.37. The van der Waals surface area contributed by atoms with E-state index < -0.39 is 0 Å². The highest BCUT2D eigenvalue weighted by Gasteiger charge is 2.11. The van der Waals surface area contributed by atoms with E-state index in [4.69, 9.17) is 0 Å². The number of aryl methyl sites for hydroxylation is 1. The van der Waals surface area contributed by atoms with E-state index in [-0.39, 0.29) is 11.9 Å². The number of nitrogens with one attached hydrogen (secondary N) is 1. The number of hydrogen-bond acceptors (Lipinski definition) is 4. The molecule has 0 radical (unpaired) electrons. The number of methoxy groups -OCH3 is 1. The second kappa shape index (κ2) is 5.50. The third-order valence-corrected chi connectivity index (χ3v) is 2.14. The van der Waals surface area contributed by atoms with Gasteiger partial charge in [-0.2, -0.15) is 5.10 Å². The van der Waals surface area contributed by atoms with Crippen molar-refractivity contribution >= 4 is 5.97 Å². The van der Waals surface area contributed by atoms with Gasteiger partial charge in [-0.25, -0.2) is 0 Å². The van der Waals surface area contributed by atoms with Crippen LogP contribution in [0.3, 0.4) is 0 Å². The van der Waals surface area contributed by atoms with Crippen molar-refractivity contribution < 1.29 is 9.53 Å². The second-order valence-corrected chi connectivity index (χ2v) is 3.58. The van der Waals surface area contributed by atoms with Crippen LogP contribution in [-0.2, 0) is 23.1 Å². The average Bonchev–Trinajstić information content (AvgIpc) is 2.63. The Morgan fingerprint density at radius 3 is 3.00 bits per heavy atom. The van der Waals surface area contributed by atoms with E-state index in [1.807, 2.05) is 20.2 Å². The van der Waals surface area contributed by atoms with E-state index in [9.17, 15) is 4.79 Å². The molecule has 15 heavy (non-hydrogen) atoms. The SMILES string of the molecule is COC(=O)C(C)CNCc1cnn(C)c1. The first-order chi connectivity index (χ1) is 7.13. The van der Waals surface area contributed by atoms with Gasteiger partial charge in [-0.1, -0.05) is 6.92 Å². The summed E-state index contributed by atoms with van der Waals surface area (Å²) in [7, 11) is 3.28. The molecule has 5 heteroatoms. The van der Waals surface area contributed by atoms with Crippen LogP contribution >= 0.6 is 0 Å². The van der Waals surface area contributed by atoms with Crippen molar-refractivity contribution in [1.29, 1.82) is 0 Å². The summed E-state index contributed by atoms with van der Waals surface area (Å²) in [5.41, 5.74) is 1.11. The van der Waals surface area contributed by atoms with Crippen LogP contribution in [-0.4, -0.2) is 29.4 Å². The molecule has 0 saturated carbocycles. The first-order valence-electron chi connectivity index (χ1n) is 4.89. The van der Waals surface area contributed by atoms with E-state index in [1.165, 1.54) is 7.11 Å². The predicted octanol–water partition coefficient (Wildman–Crippen LogP) is 0.319. The van der Waals surface area contributed by atoms with Gasteiger partial charge in [-0.05, 0) is 0 Å². The van der Waals surface area contributed by atoms with Crippen LogP contribution in [0.15, 0.2) is 12.4 Å². The molecule has 1 heterocycles. The molecule has 1 atom stereocenters.